The average Bonchev–Trinajstić information content (AvgIpc) is 2.50. The quantitative estimate of drug-likeness (QED) is 0.515. The first-order chi connectivity index (χ1) is 9.90. The molecule has 2 rings (SSSR count). The highest BCUT2D eigenvalue weighted by atomic mass is 14.6. The molecule has 0 spiro atoms. The molecule has 1 nitrogen and oxygen atoms in total. The summed E-state index contributed by atoms with van der Waals surface area (Å²) in [7, 11) is 0. The number of fused-ring (bicyclic) bond motifs is 1. The fraction of sp³-hybridized carbons (Fsp3) is 0.526. The zero-order valence-electron chi connectivity index (χ0n) is 12.8. The summed E-state index contributed by atoms with van der Waals surface area (Å²) < 4.78 is 0. The third-order valence-electron chi connectivity index (χ3n) is 3.99. The Kier molecular flexibility index (Phi) is 6.56. The third kappa shape index (κ3) is 4.96. The van der Waals surface area contributed by atoms with Crippen molar-refractivity contribution in [3.8, 4) is 0 Å². The van der Waals surface area contributed by atoms with E-state index in [1.165, 1.54) is 68.7 Å². The van der Waals surface area contributed by atoms with E-state index in [1.807, 2.05) is 12.3 Å². The fourth-order valence-electron chi connectivity index (χ4n) is 2.74. The highest BCUT2D eigenvalue weighted by Gasteiger charge is 1.98. The smallest absolute Gasteiger partial charge is 0.0702 e. The molecular formula is C19H27N. The Hall–Kier alpha value is -1.37. The van der Waals surface area contributed by atoms with E-state index in [4.69, 9.17) is 0 Å². The molecule has 0 bridgehead atoms. The Morgan fingerprint density at radius 1 is 0.850 bits per heavy atom. The van der Waals surface area contributed by atoms with Gasteiger partial charge in [0.1, 0.15) is 0 Å². The summed E-state index contributed by atoms with van der Waals surface area (Å²) in [6, 6.07) is 10.8. The zero-order valence-corrected chi connectivity index (χ0v) is 12.8. The van der Waals surface area contributed by atoms with E-state index < -0.39 is 0 Å². The van der Waals surface area contributed by atoms with Crippen molar-refractivity contribution in [1.29, 1.82) is 0 Å². The minimum atomic E-state index is 1.10. The van der Waals surface area contributed by atoms with E-state index in [9.17, 15) is 0 Å². The van der Waals surface area contributed by atoms with Gasteiger partial charge < -0.3 is 0 Å². The molecule has 0 radical (unpaired) electrons. The van der Waals surface area contributed by atoms with Gasteiger partial charge in [-0.15, -0.1) is 0 Å². The van der Waals surface area contributed by atoms with Crippen LogP contribution in [0.1, 0.15) is 63.9 Å². The summed E-state index contributed by atoms with van der Waals surface area (Å²) in [4.78, 5) is 4.37. The molecule has 108 valence electrons. The van der Waals surface area contributed by atoms with Gasteiger partial charge in [0, 0.05) is 11.6 Å². The standard InChI is InChI=1S/C19H27N/c1-2-3-4-5-6-7-8-9-11-17-13-14-19-18(16-17)12-10-15-20-19/h10,12-16H,2-9,11H2,1H3. The molecule has 0 N–H and O–H groups in total. The molecule has 0 saturated heterocycles. The van der Waals surface area contributed by atoms with Gasteiger partial charge in [-0.25, -0.2) is 0 Å². The van der Waals surface area contributed by atoms with Crippen LogP contribution in [-0.2, 0) is 6.42 Å². The van der Waals surface area contributed by atoms with Crippen LogP contribution in [0.15, 0.2) is 36.5 Å². The first kappa shape index (κ1) is 15.0. The number of unbranched alkanes of at least 4 members (excludes halogenated alkanes) is 7. The molecule has 1 aromatic carbocycles. The van der Waals surface area contributed by atoms with Crippen LogP contribution in [0.3, 0.4) is 0 Å². The van der Waals surface area contributed by atoms with Gasteiger partial charge in [-0.05, 0) is 36.6 Å². The predicted octanol–water partition coefficient (Wildman–Crippen LogP) is 5.92. The van der Waals surface area contributed by atoms with Gasteiger partial charge in [-0.2, -0.15) is 0 Å². The molecule has 1 heteroatoms. The van der Waals surface area contributed by atoms with Crippen LogP contribution in [-0.4, -0.2) is 4.98 Å². The fourth-order valence-corrected chi connectivity index (χ4v) is 2.74. The SMILES string of the molecule is CCCCCCCCCCc1ccc2ncccc2c1. The average molecular weight is 269 g/mol. The van der Waals surface area contributed by atoms with Crippen LogP contribution < -0.4 is 0 Å². The largest absolute Gasteiger partial charge is 0.256 e. The molecule has 0 atom stereocenters. The van der Waals surface area contributed by atoms with Gasteiger partial charge in [0.15, 0.2) is 0 Å². The molecule has 0 aliphatic carbocycles. The number of hydrogen-bond donors (Lipinski definition) is 0. The van der Waals surface area contributed by atoms with Crippen molar-refractivity contribution in [1.82, 2.24) is 4.98 Å². The summed E-state index contributed by atoms with van der Waals surface area (Å²) in [5, 5.41) is 1.27. The van der Waals surface area contributed by atoms with Crippen molar-refractivity contribution in [2.75, 3.05) is 0 Å². The second-order valence-electron chi connectivity index (χ2n) is 5.76. The van der Waals surface area contributed by atoms with Crippen LogP contribution in [0, 0.1) is 0 Å². The van der Waals surface area contributed by atoms with Crippen molar-refractivity contribution in [2.24, 2.45) is 0 Å². The molecule has 0 saturated carbocycles. The summed E-state index contributed by atoms with van der Waals surface area (Å²) in [6.45, 7) is 2.28. The lowest BCUT2D eigenvalue weighted by Gasteiger charge is -2.04. The summed E-state index contributed by atoms with van der Waals surface area (Å²) in [5.74, 6) is 0. The van der Waals surface area contributed by atoms with Crippen LogP contribution in [0.2, 0.25) is 0 Å². The Balaban J connectivity index is 1.65. The van der Waals surface area contributed by atoms with Crippen molar-refractivity contribution in [3.05, 3.63) is 42.1 Å². The van der Waals surface area contributed by atoms with E-state index in [2.05, 4.69) is 36.2 Å². The van der Waals surface area contributed by atoms with Gasteiger partial charge in [-0.3, -0.25) is 4.98 Å². The van der Waals surface area contributed by atoms with Crippen molar-refractivity contribution < 1.29 is 0 Å². The Morgan fingerprint density at radius 3 is 2.40 bits per heavy atom. The Morgan fingerprint density at radius 2 is 1.60 bits per heavy atom. The van der Waals surface area contributed by atoms with E-state index in [1.54, 1.807) is 0 Å². The first-order valence-corrected chi connectivity index (χ1v) is 8.24. The summed E-state index contributed by atoms with van der Waals surface area (Å²) in [5.41, 5.74) is 2.56. The second kappa shape index (κ2) is 8.73. The Bertz CT molecular complexity index is 504. The highest BCUT2D eigenvalue weighted by molar-refractivity contribution is 5.78. The normalized spacial score (nSPS) is 11.1. The molecule has 0 aliphatic rings. The molecular weight excluding hydrogens is 242 g/mol. The van der Waals surface area contributed by atoms with E-state index in [0.717, 1.165) is 5.52 Å². The lowest BCUT2D eigenvalue weighted by atomic mass is 10.0. The number of benzene rings is 1. The molecule has 2 aromatic rings. The molecule has 1 aromatic heterocycles. The number of rotatable bonds is 9. The number of aromatic nitrogens is 1. The van der Waals surface area contributed by atoms with Gasteiger partial charge in [0.2, 0.25) is 0 Å². The van der Waals surface area contributed by atoms with Gasteiger partial charge in [-0.1, -0.05) is 64.0 Å². The topological polar surface area (TPSA) is 12.9 Å². The maximum absolute atomic E-state index is 4.37. The molecule has 0 unspecified atom stereocenters. The number of nitrogens with zero attached hydrogens (tertiary/aromatic N) is 1. The minimum absolute atomic E-state index is 1.10. The molecule has 0 aliphatic heterocycles. The van der Waals surface area contributed by atoms with Gasteiger partial charge in [0.25, 0.3) is 0 Å². The van der Waals surface area contributed by atoms with Gasteiger partial charge in [0.05, 0.1) is 5.52 Å². The van der Waals surface area contributed by atoms with Crippen molar-refractivity contribution >= 4 is 10.9 Å². The maximum atomic E-state index is 4.37. The summed E-state index contributed by atoms with van der Waals surface area (Å²) >= 11 is 0. The predicted molar refractivity (Wildman–Crippen MR) is 88.1 cm³/mol. The lowest BCUT2D eigenvalue weighted by Crippen LogP contribution is -1.87. The van der Waals surface area contributed by atoms with Crippen molar-refractivity contribution in [2.45, 2.75) is 64.7 Å². The molecule has 1 heterocycles. The van der Waals surface area contributed by atoms with E-state index in [0.29, 0.717) is 0 Å². The molecule has 20 heavy (non-hydrogen) atoms. The van der Waals surface area contributed by atoms with Crippen LogP contribution in [0.25, 0.3) is 10.9 Å². The summed E-state index contributed by atoms with van der Waals surface area (Å²) in [6.07, 6.45) is 14.2. The first-order valence-electron chi connectivity index (χ1n) is 8.24. The minimum Gasteiger partial charge on any atom is -0.256 e. The monoisotopic (exact) mass is 269 g/mol. The van der Waals surface area contributed by atoms with Crippen molar-refractivity contribution in [3.63, 3.8) is 0 Å². The number of pyridine rings is 1. The van der Waals surface area contributed by atoms with Gasteiger partial charge >= 0.3 is 0 Å². The number of aryl methyl sites for hydroxylation is 1. The zero-order chi connectivity index (χ0) is 14.0. The highest BCUT2D eigenvalue weighted by Crippen LogP contribution is 2.16. The van der Waals surface area contributed by atoms with Crippen LogP contribution in [0.5, 0.6) is 0 Å². The molecule has 0 fully saturated rings. The van der Waals surface area contributed by atoms with E-state index in [-0.39, 0.29) is 0 Å². The lowest BCUT2D eigenvalue weighted by molar-refractivity contribution is 0.575. The van der Waals surface area contributed by atoms with E-state index >= 15 is 0 Å². The third-order valence-corrected chi connectivity index (χ3v) is 3.99. The van der Waals surface area contributed by atoms with Crippen LogP contribution in [0.4, 0.5) is 0 Å². The molecule has 0 amide bonds. The van der Waals surface area contributed by atoms with Crippen LogP contribution >= 0.6 is 0 Å². The number of hydrogen-bond acceptors (Lipinski definition) is 1. The second-order valence-corrected chi connectivity index (χ2v) is 5.76. The Labute approximate surface area is 123 Å². The maximum Gasteiger partial charge on any atom is 0.0702 e.